The van der Waals surface area contributed by atoms with E-state index in [2.05, 4.69) is 10.1 Å². The van der Waals surface area contributed by atoms with E-state index in [0.29, 0.717) is 11.4 Å². The van der Waals surface area contributed by atoms with Crippen LogP contribution in [0, 0.1) is 20.8 Å². The SMILES string of the molecule is Cc1cc(C)c(NC(=O)C2=C(C(F)(F)F)OCCS2)c(C)c1. The van der Waals surface area contributed by atoms with E-state index >= 15 is 0 Å². The lowest BCUT2D eigenvalue weighted by molar-refractivity contribution is -0.133. The number of thioether (sulfide) groups is 1. The van der Waals surface area contributed by atoms with Gasteiger partial charge in [-0.2, -0.15) is 13.2 Å². The molecule has 0 saturated heterocycles. The zero-order chi connectivity index (χ0) is 16.5. The van der Waals surface area contributed by atoms with Crippen molar-refractivity contribution in [1.29, 1.82) is 0 Å². The first-order chi connectivity index (χ1) is 10.2. The third kappa shape index (κ3) is 3.58. The maximum atomic E-state index is 12.9. The van der Waals surface area contributed by atoms with Gasteiger partial charge in [0.05, 0.1) is 6.61 Å². The van der Waals surface area contributed by atoms with Crippen LogP contribution in [0.2, 0.25) is 0 Å². The number of ether oxygens (including phenoxy) is 1. The van der Waals surface area contributed by atoms with Crippen molar-refractivity contribution in [1.82, 2.24) is 0 Å². The lowest BCUT2D eigenvalue weighted by Crippen LogP contribution is -2.26. The average molecular weight is 331 g/mol. The molecule has 0 radical (unpaired) electrons. The number of anilines is 1. The molecule has 1 aliphatic rings. The number of hydrogen-bond donors (Lipinski definition) is 1. The Kier molecular flexibility index (Phi) is 4.75. The number of amides is 1. The standard InChI is InChI=1S/C15H16F3NO2S/c1-8-6-9(2)11(10(3)7-8)19-14(20)12-13(15(16,17)18)21-4-5-22-12/h6-7H,4-5H2,1-3H3,(H,19,20). The summed E-state index contributed by atoms with van der Waals surface area (Å²) in [6.45, 7) is 5.47. The van der Waals surface area contributed by atoms with Crippen molar-refractivity contribution in [3.05, 3.63) is 39.5 Å². The van der Waals surface area contributed by atoms with Crippen molar-refractivity contribution in [2.45, 2.75) is 26.9 Å². The number of allylic oxidation sites excluding steroid dienone is 1. The molecule has 0 spiro atoms. The second kappa shape index (κ2) is 6.24. The Morgan fingerprint density at radius 2 is 1.82 bits per heavy atom. The number of rotatable bonds is 2. The fraction of sp³-hybridized carbons (Fsp3) is 0.400. The first kappa shape index (κ1) is 16.7. The van der Waals surface area contributed by atoms with Crippen LogP contribution >= 0.6 is 11.8 Å². The van der Waals surface area contributed by atoms with Gasteiger partial charge < -0.3 is 10.1 Å². The number of carbonyl (C=O) groups excluding carboxylic acids is 1. The van der Waals surface area contributed by atoms with Gasteiger partial charge in [-0.05, 0) is 31.9 Å². The van der Waals surface area contributed by atoms with Crippen LogP contribution in [0.4, 0.5) is 18.9 Å². The zero-order valence-electron chi connectivity index (χ0n) is 12.4. The minimum Gasteiger partial charge on any atom is -0.487 e. The summed E-state index contributed by atoms with van der Waals surface area (Å²) < 4.78 is 43.4. The van der Waals surface area contributed by atoms with E-state index < -0.39 is 22.7 Å². The van der Waals surface area contributed by atoms with Gasteiger partial charge >= 0.3 is 6.18 Å². The van der Waals surface area contributed by atoms with Crippen molar-refractivity contribution in [3.63, 3.8) is 0 Å². The largest absolute Gasteiger partial charge is 0.487 e. The number of halogens is 3. The second-order valence-electron chi connectivity index (χ2n) is 5.08. The van der Waals surface area contributed by atoms with Gasteiger partial charge in [0.15, 0.2) is 0 Å². The van der Waals surface area contributed by atoms with Crippen LogP contribution in [-0.2, 0) is 9.53 Å². The molecule has 1 N–H and O–H groups in total. The topological polar surface area (TPSA) is 38.3 Å². The van der Waals surface area contributed by atoms with Crippen LogP contribution in [-0.4, -0.2) is 24.4 Å². The van der Waals surface area contributed by atoms with Gasteiger partial charge in [-0.25, -0.2) is 0 Å². The zero-order valence-corrected chi connectivity index (χ0v) is 13.2. The molecule has 0 bridgehead atoms. The Hall–Kier alpha value is -1.63. The smallest absolute Gasteiger partial charge is 0.450 e. The van der Waals surface area contributed by atoms with Gasteiger partial charge in [-0.3, -0.25) is 4.79 Å². The van der Waals surface area contributed by atoms with E-state index in [1.54, 1.807) is 13.8 Å². The minimum absolute atomic E-state index is 0.0567. The number of carbonyl (C=O) groups is 1. The predicted octanol–water partition coefficient (Wildman–Crippen LogP) is 4.09. The minimum atomic E-state index is -4.67. The highest BCUT2D eigenvalue weighted by Crippen LogP contribution is 2.37. The van der Waals surface area contributed by atoms with E-state index in [9.17, 15) is 18.0 Å². The number of alkyl halides is 3. The van der Waals surface area contributed by atoms with E-state index in [1.165, 1.54) is 0 Å². The molecular weight excluding hydrogens is 315 g/mol. The molecule has 2 rings (SSSR count). The summed E-state index contributed by atoms with van der Waals surface area (Å²) in [5.74, 6) is -1.68. The number of aryl methyl sites for hydroxylation is 3. The summed E-state index contributed by atoms with van der Waals surface area (Å²) in [6.07, 6.45) is -4.67. The number of nitrogens with one attached hydrogen (secondary N) is 1. The summed E-state index contributed by atoms with van der Waals surface area (Å²) in [5.41, 5.74) is 3.18. The second-order valence-corrected chi connectivity index (χ2v) is 6.19. The highest BCUT2D eigenvalue weighted by atomic mass is 32.2. The Morgan fingerprint density at radius 1 is 1.23 bits per heavy atom. The van der Waals surface area contributed by atoms with Crippen LogP contribution in [0.1, 0.15) is 16.7 Å². The van der Waals surface area contributed by atoms with Crippen LogP contribution in [0.5, 0.6) is 0 Å². The molecule has 0 unspecified atom stereocenters. The lowest BCUT2D eigenvalue weighted by atomic mass is 10.1. The number of hydrogen-bond acceptors (Lipinski definition) is 3. The van der Waals surface area contributed by atoms with Crippen molar-refractivity contribution >= 4 is 23.4 Å². The summed E-state index contributed by atoms with van der Waals surface area (Å²) >= 11 is 0.863. The molecule has 3 nitrogen and oxygen atoms in total. The molecule has 120 valence electrons. The highest BCUT2D eigenvalue weighted by Gasteiger charge is 2.42. The highest BCUT2D eigenvalue weighted by molar-refractivity contribution is 8.04. The summed E-state index contributed by atoms with van der Waals surface area (Å²) in [7, 11) is 0. The number of benzene rings is 1. The molecule has 1 heterocycles. The molecule has 0 atom stereocenters. The van der Waals surface area contributed by atoms with Gasteiger partial charge in [0, 0.05) is 11.4 Å². The van der Waals surface area contributed by atoms with Gasteiger partial charge in [0.25, 0.3) is 5.91 Å². The van der Waals surface area contributed by atoms with Crippen molar-refractivity contribution < 1.29 is 22.7 Å². The van der Waals surface area contributed by atoms with E-state index in [0.717, 1.165) is 28.5 Å². The summed E-state index contributed by atoms with van der Waals surface area (Å²) in [6, 6.07) is 3.73. The third-order valence-electron chi connectivity index (χ3n) is 3.16. The Labute approximate surface area is 130 Å². The van der Waals surface area contributed by atoms with Gasteiger partial charge in [0.1, 0.15) is 4.91 Å². The summed E-state index contributed by atoms with van der Waals surface area (Å²) in [4.78, 5) is 11.8. The molecule has 1 aliphatic heterocycles. The lowest BCUT2D eigenvalue weighted by Gasteiger charge is -2.22. The van der Waals surface area contributed by atoms with Crippen LogP contribution in [0.25, 0.3) is 0 Å². The predicted molar refractivity (Wildman–Crippen MR) is 80.8 cm³/mol. The molecule has 0 saturated carbocycles. The maximum Gasteiger partial charge on any atom is 0.450 e. The van der Waals surface area contributed by atoms with Crippen molar-refractivity contribution in [3.8, 4) is 0 Å². The van der Waals surface area contributed by atoms with Crippen LogP contribution < -0.4 is 5.32 Å². The Morgan fingerprint density at radius 3 is 2.36 bits per heavy atom. The van der Waals surface area contributed by atoms with E-state index in [4.69, 9.17) is 0 Å². The van der Waals surface area contributed by atoms with Crippen LogP contribution in [0.15, 0.2) is 22.8 Å². The molecular formula is C15H16F3NO2S. The molecule has 1 amide bonds. The molecule has 0 aliphatic carbocycles. The first-order valence-corrected chi connectivity index (χ1v) is 7.65. The van der Waals surface area contributed by atoms with Crippen molar-refractivity contribution in [2.75, 3.05) is 17.7 Å². The fourth-order valence-corrected chi connectivity index (χ4v) is 3.20. The average Bonchev–Trinajstić information content (AvgIpc) is 2.41. The molecule has 1 aromatic rings. The van der Waals surface area contributed by atoms with Crippen LogP contribution in [0.3, 0.4) is 0 Å². The van der Waals surface area contributed by atoms with Gasteiger partial charge in [-0.1, -0.05) is 17.7 Å². The molecule has 0 fully saturated rings. The quantitative estimate of drug-likeness (QED) is 0.887. The third-order valence-corrected chi connectivity index (χ3v) is 4.19. The summed E-state index contributed by atoms with van der Waals surface area (Å²) in [5, 5.41) is 2.58. The van der Waals surface area contributed by atoms with E-state index in [1.807, 2.05) is 19.1 Å². The molecule has 0 aromatic heterocycles. The van der Waals surface area contributed by atoms with Gasteiger partial charge in [-0.15, -0.1) is 11.8 Å². The Bertz CT molecular complexity index is 615. The van der Waals surface area contributed by atoms with E-state index in [-0.39, 0.29) is 6.61 Å². The maximum absolute atomic E-state index is 12.9. The monoisotopic (exact) mass is 331 g/mol. The normalized spacial score (nSPS) is 15.5. The molecule has 22 heavy (non-hydrogen) atoms. The molecule has 1 aromatic carbocycles. The Balaban J connectivity index is 2.34. The first-order valence-electron chi connectivity index (χ1n) is 6.66. The fourth-order valence-electron chi connectivity index (χ4n) is 2.35. The van der Waals surface area contributed by atoms with Crippen molar-refractivity contribution in [2.24, 2.45) is 0 Å². The molecule has 7 heteroatoms. The van der Waals surface area contributed by atoms with Gasteiger partial charge in [0.2, 0.25) is 5.76 Å².